The maximum Gasteiger partial charge on any atom is 0.310 e. The van der Waals surface area contributed by atoms with Crippen molar-refractivity contribution < 1.29 is 19.4 Å². The highest BCUT2D eigenvalue weighted by Gasteiger charge is 2.35. The van der Waals surface area contributed by atoms with E-state index in [0.29, 0.717) is 12.8 Å². The summed E-state index contributed by atoms with van der Waals surface area (Å²) >= 11 is 16.4. The van der Waals surface area contributed by atoms with E-state index in [2.05, 4.69) is 0 Å². The number of carbonyl (C=O) groups excluding carboxylic acids is 1. The fourth-order valence-electron chi connectivity index (χ4n) is 1.64. The Balaban J connectivity index is 2.63. The summed E-state index contributed by atoms with van der Waals surface area (Å²) in [5, 5.41) is 9.01. The van der Waals surface area contributed by atoms with E-state index in [1.54, 1.807) is 12.2 Å². The second kappa shape index (κ2) is 7.02. The van der Waals surface area contributed by atoms with Crippen LogP contribution in [0.4, 0.5) is 0 Å². The van der Waals surface area contributed by atoms with E-state index in [4.69, 9.17) is 44.6 Å². The number of aliphatic carboxylic acids is 1. The van der Waals surface area contributed by atoms with Crippen LogP contribution in [0.5, 0.6) is 0 Å². The molecule has 18 heavy (non-hydrogen) atoms. The van der Waals surface area contributed by atoms with Gasteiger partial charge in [-0.25, -0.2) is 0 Å². The first kappa shape index (κ1) is 15.3. The molecule has 0 saturated carbocycles. The third kappa shape index (κ3) is 4.19. The van der Waals surface area contributed by atoms with Gasteiger partial charge < -0.3 is 9.84 Å². The van der Waals surface area contributed by atoms with Crippen molar-refractivity contribution in [3.05, 3.63) is 21.7 Å². The number of hydrogen-bond donors (Lipinski definition) is 1. The Morgan fingerprint density at radius 3 is 2.22 bits per heavy atom. The van der Waals surface area contributed by atoms with E-state index in [1.165, 1.54) is 0 Å². The van der Waals surface area contributed by atoms with Gasteiger partial charge in [-0.05, 0) is 12.8 Å². The van der Waals surface area contributed by atoms with Gasteiger partial charge in [0.2, 0.25) is 0 Å². The van der Waals surface area contributed by atoms with E-state index in [0.717, 1.165) is 0 Å². The minimum Gasteiger partial charge on any atom is -0.481 e. The summed E-state index contributed by atoms with van der Waals surface area (Å²) in [6.07, 6.45) is 4.16. The highest BCUT2D eigenvalue weighted by molar-refractivity contribution is 6.59. The molecular formula is C11H11Cl3O4. The molecule has 0 radical (unpaired) electrons. The smallest absolute Gasteiger partial charge is 0.310 e. The van der Waals surface area contributed by atoms with Gasteiger partial charge in [-0.15, -0.1) is 0 Å². The van der Waals surface area contributed by atoms with Crippen molar-refractivity contribution in [2.45, 2.75) is 12.8 Å². The molecule has 1 N–H and O–H groups in total. The van der Waals surface area contributed by atoms with Crippen molar-refractivity contribution >= 4 is 46.7 Å². The van der Waals surface area contributed by atoms with Crippen LogP contribution in [0.25, 0.3) is 0 Å². The van der Waals surface area contributed by atoms with Gasteiger partial charge in [0.15, 0.2) is 0 Å². The molecule has 0 spiro atoms. The zero-order valence-electron chi connectivity index (χ0n) is 9.24. The summed E-state index contributed by atoms with van der Waals surface area (Å²) in [6, 6.07) is 0. The van der Waals surface area contributed by atoms with E-state index < -0.39 is 23.8 Å². The molecule has 100 valence electrons. The number of carbonyl (C=O) groups is 2. The van der Waals surface area contributed by atoms with Gasteiger partial charge in [0.05, 0.1) is 16.9 Å². The van der Waals surface area contributed by atoms with Crippen LogP contribution < -0.4 is 0 Å². The minimum absolute atomic E-state index is 0.00455. The van der Waals surface area contributed by atoms with Crippen molar-refractivity contribution in [1.82, 2.24) is 0 Å². The second-order valence-corrected chi connectivity index (χ2v) is 5.17. The van der Waals surface area contributed by atoms with E-state index >= 15 is 0 Å². The van der Waals surface area contributed by atoms with Crippen LogP contribution >= 0.6 is 34.8 Å². The van der Waals surface area contributed by atoms with Gasteiger partial charge in [0, 0.05) is 0 Å². The molecule has 0 amide bonds. The predicted octanol–water partition coefficient (Wildman–Crippen LogP) is 3.08. The molecule has 1 aliphatic carbocycles. The van der Waals surface area contributed by atoms with Crippen molar-refractivity contribution in [2.24, 2.45) is 11.8 Å². The topological polar surface area (TPSA) is 63.6 Å². The van der Waals surface area contributed by atoms with E-state index in [9.17, 15) is 9.59 Å². The Bertz CT molecular complexity index is 399. The lowest BCUT2D eigenvalue weighted by Gasteiger charge is -2.23. The first-order valence-corrected chi connectivity index (χ1v) is 6.31. The molecule has 0 bridgehead atoms. The molecule has 0 saturated heterocycles. The fourth-order valence-corrected chi connectivity index (χ4v) is 1.81. The minimum atomic E-state index is -1.02. The van der Waals surface area contributed by atoms with Crippen LogP contribution in [-0.4, -0.2) is 23.7 Å². The summed E-state index contributed by atoms with van der Waals surface area (Å²) in [5.74, 6) is -3.10. The summed E-state index contributed by atoms with van der Waals surface area (Å²) in [6.45, 7) is -0.255. The highest BCUT2D eigenvalue weighted by atomic mass is 35.5. The number of halogens is 3. The van der Waals surface area contributed by atoms with Crippen LogP contribution in [0.3, 0.4) is 0 Å². The zero-order valence-corrected chi connectivity index (χ0v) is 11.5. The summed E-state index contributed by atoms with van der Waals surface area (Å²) in [7, 11) is 0. The molecule has 0 aromatic heterocycles. The Kier molecular flexibility index (Phi) is 5.99. The lowest BCUT2D eigenvalue weighted by Crippen LogP contribution is -2.32. The van der Waals surface area contributed by atoms with Gasteiger partial charge in [-0.3, -0.25) is 9.59 Å². The van der Waals surface area contributed by atoms with Gasteiger partial charge in [-0.1, -0.05) is 47.0 Å². The summed E-state index contributed by atoms with van der Waals surface area (Å²) < 4.78 is 4.71. The lowest BCUT2D eigenvalue weighted by molar-refractivity contribution is -0.157. The SMILES string of the molecule is O=C(O)C1CC=CCC1C(=O)OCC(Cl)=C(Cl)Cl. The van der Waals surface area contributed by atoms with Crippen LogP contribution in [0.2, 0.25) is 0 Å². The molecule has 0 aromatic rings. The second-order valence-electron chi connectivity index (χ2n) is 3.77. The monoisotopic (exact) mass is 312 g/mol. The Hall–Kier alpha value is -0.710. The molecule has 4 nitrogen and oxygen atoms in total. The average Bonchev–Trinajstić information content (AvgIpc) is 2.35. The third-order valence-electron chi connectivity index (χ3n) is 2.60. The highest BCUT2D eigenvalue weighted by Crippen LogP contribution is 2.27. The van der Waals surface area contributed by atoms with Crippen molar-refractivity contribution in [2.75, 3.05) is 6.61 Å². The van der Waals surface area contributed by atoms with E-state index in [-0.39, 0.29) is 16.1 Å². The van der Waals surface area contributed by atoms with Crippen molar-refractivity contribution in [1.29, 1.82) is 0 Å². The molecule has 2 unspecified atom stereocenters. The van der Waals surface area contributed by atoms with Gasteiger partial charge in [0.1, 0.15) is 11.1 Å². The number of allylic oxidation sites excluding steroid dienone is 2. The first-order valence-electron chi connectivity index (χ1n) is 5.17. The summed E-state index contributed by atoms with van der Waals surface area (Å²) in [4.78, 5) is 22.7. The molecule has 0 aliphatic heterocycles. The van der Waals surface area contributed by atoms with Crippen LogP contribution in [0.1, 0.15) is 12.8 Å². The van der Waals surface area contributed by atoms with Crippen LogP contribution in [0.15, 0.2) is 21.7 Å². The largest absolute Gasteiger partial charge is 0.481 e. The average molecular weight is 314 g/mol. The molecule has 0 aromatic carbocycles. The first-order chi connectivity index (χ1) is 8.43. The maximum atomic E-state index is 11.8. The van der Waals surface area contributed by atoms with Crippen molar-refractivity contribution in [3.8, 4) is 0 Å². The van der Waals surface area contributed by atoms with Crippen molar-refractivity contribution in [3.63, 3.8) is 0 Å². The molecule has 2 atom stereocenters. The Morgan fingerprint density at radius 1 is 1.17 bits per heavy atom. The lowest BCUT2D eigenvalue weighted by atomic mass is 9.83. The van der Waals surface area contributed by atoms with Gasteiger partial charge in [0.25, 0.3) is 0 Å². The third-order valence-corrected chi connectivity index (χ3v) is 3.55. The quantitative estimate of drug-likeness (QED) is 0.640. The Morgan fingerprint density at radius 2 is 1.72 bits per heavy atom. The summed E-state index contributed by atoms with van der Waals surface area (Å²) in [5.41, 5.74) is 0. The number of carboxylic acids is 1. The van der Waals surface area contributed by atoms with Crippen LogP contribution in [-0.2, 0) is 14.3 Å². The fraction of sp³-hybridized carbons (Fsp3) is 0.455. The van der Waals surface area contributed by atoms with Crippen LogP contribution in [0, 0.1) is 11.8 Å². The normalized spacial score (nSPS) is 22.4. The number of carboxylic acid groups (broad SMARTS) is 1. The molecule has 1 rings (SSSR count). The number of rotatable bonds is 4. The maximum absolute atomic E-state index is 11.8. The number of hydrogen-bond acceptors (Lipinski definition) is 3. The molecule has 0 fully saturated rings. The molecule has 7 heteroatoms. The van der Waals surface area contributed by atoms with Gasteiger partial charge >= 0.3 is 11.9 Å². The standard InChI is InChI=1S/C11H11Cl3O4/c12-8(9(13)14)5-18-11(17)7-4-2-1-3-6(7)10(15)16/h1-2,6-7H,3-5H2,(H,15,16). The Labute approximate surface area is 119 Å². The molecule has 1 aliphatic rings. The zero-order chi connectivity index (χ0) is 13.7. The molecular weight excluding hydrogens is 302 g/mol. The van der Waals surface area contributed by atoms with E-state index in [1.807, 2.05) is 0 Å². The number of ether oxygens (including phenoxy) is 1. The number of esters is 1. The van der Waals surface area contributed by atoms with Gasteiger partial charge in [-0.2, -0.15) is 0 Å². The predicted molar refractivity (Wildman–Crippen MR) is 68.5 cm³/mol. The molecule has 0 heterocycles.